The number of ether oxygens (including phenoxy) is 1. The van der Waals surface area contributed by atoms with E-state index in [9.17, 15) is 8.78 Å². The first-order valence-electron chi connectivity index (χ1n) is 5.93. The Bertz CT molecular complexity index is 670. The van der Waals surface area contributed by atoms with Crippen molar-refractivity contribution in [3.63, 3.8) is 0 Å². The molecule has 3 nitrogen and oxygen atoms in total. The van der Waals surface area contributed by atoms with Gasteiger partial charge in [-0.15, -0.1) is 0 Å². The van der Waals surface area contributed by atoms with E-state index in [-0.39, 0.29) is 21.9 Å². The Kier molecular flexibility index (Phi) is 5.16. The van der Waals surface area contributed by atoms with Gasteiger partial charge in [0.2, 0.25) is 0 Å². The van der Waals surface area contributed by atoms with Crippen LogP contribution >= 0.6 is 27.5 Å². The van der Waals surface area contributed by atoms with E-state index in [1.165, 1.54) is 25.3 Å². The Hall–Kier alpha value is -1.21. The van der Waals surface area contributed by atoms with Crippen LogP contribution in [0.3, 0.4) is 0 Å². The summed E-state index contributed by atoms with van der Waals surface area (Å²) < 4.78 is 34.0. The molecule has 0 aliphatic carbocycles. The van der Waals surface area contributed by atoms with Gasteiger partial charge in [0.25, 0.3) is 0 Å². The summed E-state index contributed by atoms with van der Waals surface area (Å²) >= 11 is 9.00. The highest BCUT2D eigenvalue weighted by Crippen LogP contribution is 2.36. The first-order chi connectivity index (χ1) is 10.0. The van der Waals surface area contributed by atoms with Crippen LogP contribution in [-0.4, -0.2) is 7.11 Å². The van der Waals surface area contributed by atoms with Gasteiger partial charge in [0.1, 0.15) is 17.4 Å². The summed E-state index contributed by atoms with van der Waals surface area (Å²) in [6.45, 7) is 0. The van der Waals surface area contributed by atoms with Crippen molar-refractivity contribution in [1.82, 2.24) is 5.43 Å². The number of hydrazine groups is 1. The van der Waals surface area contributed by atoms with Crippen LogP contribution in [0.15, 0.2) is 34.8 Å². The van der Waals surface area contributed by atoms with Crippen molar-refractivity contribution in [2.75, 3.05) is 7.11 Å². The van der Waals surface area contributed by atoms with E-state index in [1.54, 1.807) is 12.1 Å². The number of nitrogens with two attached hydrogens (primary N) is 1. The van der Waals surface area contributed by atoms with Crippen LogP contribution in [0.5, 0.6) is 5.75 Å². The van der Waals surface area contributed by atoms with Crippen LogP contribution in [0.2, 0.25) is 5.02 Å². The fourth-order valence-corrected chi connectivity index (χ4v) is 2.55. The third-order valence-electron chi connectivity index (χ3n) is 3.06. The fraction of sp³-hybridized carbons (Fsp3) is 0.143. The van der Waals surface area contributed by atoms with Gasteiger partial charge < -0.3 is 4.74 Å². The topological polar surface area (TPSA) is 47.3 Å². The monoisotopic (exact) mass is 376 g/mol. The lowest BCUT2D eigenvalue weighted by molar-refractivity contribution is 0.396. The van der Waals surface area contributed by atoms with E-state index in [1.807, 2.05) is 0 Å². The number of halogens is 4. The highest BCUT2D eigenvalue weighted by molar-refractivity contribution is 9.10. The second kappa shape index (κ2) is 6.70. The van der Waals surface area contributed by atoms with Gasteiger partial charge in [-0.25, -0.2) is 14.2 Å². The molecule has 0 radical (unpaired) electrons. The summed E-state index contributed by atoms with van der Waals surface area (Å²) in [5, 5.41) is -0.0944. The van der Waals surface area contributed by atoms with Crippen LogP contribution < -0.4 is 16.0 Å². The summed E-state index contributed by atoms with van der Waals surface area (Å²) in [7, 11) is 1.40. The zero-order chi connectivity index (χ0) is 15.6. The van der Waals surface area contributed by atoms with Crippen molar-refractivity contribution >= 4 is 27.5 Å². The highest BCUT2D eigenvalue weighted by Gasteiger charge is 2.25. The molecule has 1 unspecified atom stereocenters. The van der Waals surface area contributed by atoms with Gasteiger partial charge in [-0.1, -0.05) is 23.7 Å². The number of hydrogen-bond acceptors (Lipinski definition) is 3. The summed E-state index contributed by atoms with van der Waals surface area (Å²) in [5.74, 6) is 4.51. The molecule has 3 N–H and O–H groups in total. The highest BCUT2D eigenvalue weighted by atomic mass is 79.9. The van der Waals surface area contributed by atoms with Gasteiger partial charge in [0.15, 0.2) is 0 Å². The van der Waals surface area contributed by atoms with Crippen molar-refractivity contribution in [2.45, 2.75) is 6.04 Å². The molecule has 1 atom stereocenters. The van der Waals surface area contributed by atoms with Crippen LogP contribution in [-0.2, 0) is 0 Å². The van der Waals surface area contributed by atoms with E-state index in [4.69, 9.17) is 22.2 Å². The Morgan fingerprint density at radius 2 is 2.00 bits per heavy atom. The van der Waals surface area contributed by atoms with Crippen LogP contribution in [0.4, 0.5) is 8.78 Å². The molecular formula is C14H12BrClF2N2O. The molecule has 21 heavy (non-hydrogen) atoms. The minimum absolute atomic E-state index is 0.0944. The zero-order valence-corrected chi connectivity index (χ0v) is 13.3. The van der Waals surface area contributed by atoms with E-state index in [0.717, 1.165) is 0 Å². The predicted molar refractivity (Wildman–Crippen MR) is 81.2 cm³/mol. The molecule has 2 aromatic rings. The SMILES string of the molecule is COc1cccc(F)c1C(NN)c1ccc(Br)c(Cl)c1F. The van der Waals surface area contributed by atoms with E-state index in [2.05, 4.69) is 21.4 Å². The Balaban J connectivity index is 2.63. The Morgan fingerprint density at radius 1 is 1.29 bits per heavy atom. The molecule has 0 saturated carbocycles. The fourth-order valence-electron chi connectivity index (χ4n) is 2.07. The van der Waals surface area contributed by atoms with Gasteiger partial charge in [-0.2, -0.15) is 0 Å². The average Bonchev–Trinajstić information content (AvgIpc) is 2.49. The maximum Gasteiger partial charge on any atom is 0.148 e. The van der Waals surface area contributed by atoms with Crippen LogP contribution in [0.1, 0.15) is 17.2 Å². The third kappa shape index (κ3) is 3.03. The number of nitrogens with one attached hydrogen (secondary N) is 1. The summed E-state index contributed by atoms with van der Waals surface area (Å²) in [6.07, 6.45) is 0. The molecule has 0 heterocycles. The molecule has 0 saturated heterocycles. The van der Waals surface area contributed by atoms with E-state index in [0.29, 0.717) is 4.47 Å². The second-order valence-electron chi connectivity index (χ2n) is 4.22. The molecule has 2 rings (SSSR count). The summed E-state index contributed by atoms with van der Waals surface area (Å²) in [6, 6.07) is 6.42. The Labute approximate surface area is 134 Å². The van der Waals surface area contributed by atoms with Crippen molar-refractivity contribution in [3.8, 4) is 5.75 Å². The van der Waals surface area contributed by atoms with Gasteiger partial charge in [0.05, 0.1) is 23.7 Å². The Morgan fingerprint density at radius 3 is 2.62 bits per heavy atom. The van der Waals surface area contributed by atoms with E-state index >= 15 is 0 Å². The minimum atomic E-state index is -0.938. The molecule has 2 aromatic carbocycles. The quantitative estimate of drug-likeness (QED) is 0.482. The molecule has 0 aliphatic heterocycles. The minimum Gasteiger partial charge on any atom is -0.496 e. The predicted octanol–water partition coefficient (Wildman–Crippen LogP) is 3.94. The molecule has 0 fully saturated rings. The zero-order valence-electron chi connectivity index (χ0n) is 11.0. The second-order valence-corrected chi connectivity index (χ2v) is 5.45. The van der Waals surface area contributed by atoms with Crippen LogP contribution in [0.25, 0.3) is 0 Å². The average molecular weight is 378 g/mol. The number of methoxy groups -OCH3 is 1. The van der Waals surface area contributed by atoms with Crippen molar-refractivity contribution in [1.29, 1.82) is 0 Å². The first-order valence-corrected chi connectivity index (χ1v) is 7.10. The number of benzene rings is 2. The molecule has 0 spiro atoms. The third-order valence-corrected chi connectivity index (χ3v) is 4.32. The van der Waals surface area contributed by atoms with E-state index < -0.39 is 17.7 Å². The van der Waals surface area contributed by atoms with Gasteiger partial charge in [0, 0.05) is 10.0 Å². The van der Waals surface area contributed by atoms with Crippen molar-refractivity contribution in [2.24, 2.45) is 5.84 Å². The lowest BCUT2D eigenvalue weighted by Crippen LogP contribution is -2.30. The molecule has 0 amide bonds. The molecule has 7 heteroatoms. The normalized spacial score (nSPS) is 12.3. The lowest BCUT2D eigenvalue weighted by atomic mass is 9.97. The van der Waals surface area contributed by atoms with Gasteiger partial charge >= 0.3 is 0 Å². The smallest absolute Gasteiger partial charge is 0.148 e. The summed E-state index contributed by atoms with van der Waals surface area (Å²) in [4.78, 5) is 0. The molecule has 0 bridgehead atoms. The molecule has 0 aromatic heterocycles. The maximum atomic E-state index is 14.3. The lowest BCUT2D eigenvalue weighted by Gasteiger charge is -2.21. The summed E-state index contributed by atoms with van der Waals surface area (Å²) in [5.41, 5.74) is 2.63. The number of rotatable bonds is 4. The molecule has 0 aliphatic rings. The van der Waals surface area contributed by atoms with Gasteiger partial charge in [-0.3, -0.25) is 5.84 Å². The maximum absolute atomic E-state index is 14.3. The molecule has 112 valence electrons. The first kappa shape index (κ1) is 16.2. The largest absolute Gasteiger partial charge is 0.496 e. The van der Waals surface area contributed by atoms with Crippen LogP contribution in [0, 0.1) is 11.6 Å². The standard InChI is InChI=1S/C14H12BrClF2N2O/c1-21-10-4-2-3-9(17)11(10)14(20-19)7-5-6-8(15)12(16)13(7)18/h2-6,14,20H,19H2,1H3. The number of hydrogen-bond donors (Lipinski definition) is 2. The van der Waals surface area contributed by atoms with Crippen molar-refractivity contribution in [3.05, 3.63) is 62.6 Å². The van der Waals surface area contributed by atoms with Gasteiger partial charge in [-0.05, 0) is 34.1 Å². The van der Waals surface area contributed by atoms with Crippen molar-refractivity contribution < 1.29 is 13.5 Å². The molecular weight excluding hydrogens is 366 g/mol.